The van der Waals surface area contributed by atoms with Crippen molar-refractivity contribution in [1.29, 1.82) is 0 Å². The van der Waals surface area contributed by atoms with Gasteiger partial charge in [0.05, 0.1) is 0 Å². The van der Waals surface area contributed by atoms with Gasteiger partial charge in [-0.25, -0.2) is 4.79 Å². The lowest BCUT2D eigenvalue weighted by atomic mass is 9.83. The van der Waals surface area contributed by atoms with Gasteiger partial charge in [-0.3, -0.25) is 14.5 Å². The predicted octanol–water partition coefficient (Wildman–Crippen LogP) is 2.09. The molecule has 0 aliphatic carbocycles. The number of aromatic amines is 1. The zero-order chi connectivity index (χ0) is 25.3. The Morgan fingerprint density at radius 3 is 2.60 bits per heavy atom. The highest BCUT2D eigenvalue weighted by Crippen LogP contribution is 2.41. The Morgan fingerprint density at radius 2 is 1.97 bits per heavy atom. The van der Waals surface area contributed by atoms with Crippen molar-refractivity contribution < 1.29 is 14.4 Å². The highest BCUT2D eigenvalue weighted by molar-refractivity contribution is 6.08. The Kier molecular flexibility index (Phi) is 6.50. The molecular formula is C24H28N8O3. The lowest BCUT2D eigenvalue weighted by Crippen LogP contribution is -2.54. The van der Waals surface area contributed by atoms with Crippen LogP contribution in [0.15, 0.2) is 42.5 Å². The number of tetrazole rings is 1. The molecule has 2 heterocycles. The molecule has 0 bridgehead atoms. The van der Waals surface area contributed by atoms with Crippen molar-refractivity contribution in [3.05, 3.63) is 53.6 Å². The molecule has 0 saturated carbocycles. The van der Waals surface area contributed by atoms with Gasteiger partial charge in [-0.15, -0.1) is 10.2 Å². The molecule has 1 aliphatic rings. The Labute approximate surface area is 202 Å². The maximum Gasteiger partial charge on any atom is 0.320 e. The van der Waals surface area contributed by atoms with Crippen LogP contribution in [0.4, 0.5) is 16.2 Å². The molecule has 0 radical (unpaired) electrons. The van der Waals surface area contributed by atoms with Crippen molar-refractivity contribution >= 4 is 29.2 Å². The van der Waals surface area contributed by atoms with Crippen LogP contribution in [0, 0.1) is 12.8 Å². The molecule has 2 aromatic carbocycles. The summed E-state index contributed by atoms with van der Waals surface area (Å²) in [4.78, 5) is 41.4. The summed E-state index contributed by atoms with van der Waals surface area (Å²) < 4.78 is 0. The minimum Gasteiger partial charge on any atom is -0.368 e. The van der Waals surface area contributed by atoms with Crippen LogP contribution in [0.5, 0.6) is 0 Å². The number of fused-ring (bicyclic) bond motifs is 1. The van der Waals surface area contributed by atoms with Gasteiger partial charge in [-0.1, -0.05) is 38.1 Å². The highest BCUT2D eigenvalue weighted by Gasteiger charge is 2.41. The molecular weight excluding hydrogens is 448 g/mol. The number of H-pyrrole nitrogens is 1. The molecule has 4 rings (SSSR count). The van der Waals surface area contributed by atoms with Crippen molar-refractivity contribution in [2.24, 2.45) is 17.4 Å². The number of aromatic nitrogens is 4. The van der Waals surface area contributed by atoms with Crippen LogP contribution in [-0.4, -0.2) is 51.1 Å². The number of nitrogens with one attached hydrogen (secondary N) is 1. The SMILES string of the molecule is Cc1ccc2c(c1)N(CC(N)=O)C(=O)C(N(C(N)=O)c1cccc(-c3nn[nH]n3)c1)CC2C(C)C. The van der Waals surface area contributed by atoms with Crippen LogP contribution in [0.2, 0.25) is 0 Å². The fourth-order valence-corrected chi connectivity index (χ4v) is 4.67. The van der Waals surface area contributed by atoms with Gasteiger partial charge in [-0.05, 0) is 59.7 Å². The van der Waals surface area contributed by atoms with Crippen LogP contribution in [-0.2, 0) is 9.59 Å². The van der Waals surface area contributed by atoms with E-state index in [2.05, 4.69) is 34.5 Å². The molecule has 2 atom stereocenters. The number of hydrogen-bond donors (Lipinski definition) is 3. The molecule has 35 heavy (non-hydrogen) atoms. The largest absolute Gasteiger partial charge is 0.368 e. The van der Waals surface area contributed by atoms with E-state index in [1.165, 1.54) is 9.80 Å². The van der Waals surface area contributed by atoms with Crippen LogP contribution in [0.1, 0.15) is 37.3 Å². The number of rotatable bonds is 6. The smallest absolute Gasteiger partial charge is 0.320 e. The number of aryl methyl sites for hydroxylation is 1. The van der Waals surface area contributed by atoms with Crippen LogP contribution < -0.4 is 21.3 Å². The molecule has 182 valence electrons. The first-order valence-corrected chi connectivity index (χ1v) is 11.3. The van der Waals surface area contributed by atoms with E-state index in [0.29, 0.717) is 29.2 Å². The number of anilines is 2. The van der Waals surface area contributed by atoms with Gasteiger partial charge in [0.2, 0.25) is 11.7 Å². The Morgan fingerprint density at radius 1 is 1.20 bits per heavy atom. The van der Waals surface area contributed by atoms with E-state index >= 15 is 0 Å². The summed E-state index contributed by atoms with van der Waals surface area (Å²) >= 11 is 0. The summed E-state index contributed by atoms with van der Waals surface area (Å²) in [5, 5.41) is 13.9. The minimum absolute atomic E-state index is 0.0836. The second-order valence-corrected chi connectivity index (χ2v) is 9.05. The predicted molar refractivity (Wildman–Crippen MR) is 130 cm³/mol. The topological polar surface area (TPSA) is 164 Å². The molecule has 11 nitrogen and oxygen atoms in total. The van der Waals surface area contributed by atoms with E-state index < -0.39 is 23.9 Å². The fourth-order valence-electron chi connectivity index (χ4n) is 4.67. The summed E-state index contributed by atoms with van der Waals surface area (Å²) in [5.74, 6) is -0.693. The summed E-state index contributed by atoms with van der Waals surface area (Å²) in [7, 11) is 0. The third kappa shape index (κ3) is 4.70. The zero-order valence-corrected chi connectivity index (χ0v) is 19.8. The summed E-state index contributed by atoms with van der Waals surface area (Å²) in [6.07, 6.45) is 0.317. The molecule has 0 fully saturated rings. The van der Waals surface area contributed by atoms with Gasteiger partial charge in [-0.2, -0.15) is 5.21 Å². The molecule has 1 aromatic heterocycles. The summed E-state index contributed by atoms with van der Waals surface area (Å²) in [5.41, 5.74) is 14.9. The normalized spacial score (nSPS) is 17.7. The maximum atomic E-state index is 14.0. The van der Waals surface area contributed by atoms with Crippen molar-refractivity contribution in [1.82, 2.24) is 20.6 Å². The maximum absolute atomic E-state index is 14.0. The number of amides is 4. The number of urea groups is 1. The lowest BCUT2D eigenvalue weighted by molar-refractivity contribution is -0.123. The number of hydrogen-bond acceptors (Lipinski definition) is 6. The monoisotopic (exact) mass is 476 g/mol. The molecule has 4 amide bonds. The van der Waals surface area contributed by atoms with Crippen molar-refractivity contribution in [2.75, 3.05) is 16.3 Å². The van der Waals surface area contributed by atoms with Gasteiger partial charge in [0.1, 0.15) is 12.6 Å². The third-order valence-electron chi connectivity index (χ3n) is 6.30. The van der Waals surface area contributed by atoms with E-state index in [9.17, 15) is 14.4 Å². The van der Waals surface area contributed by atoms with E-state index in [1.807, 2.05) is 25.1 Å². The number of nitrogens with zero attached hydrogens (tertiary/aromatic N) is 5. The number of nitrogens with two attached hydrogens (primary N) is 2. The third-order valence-corrected chi connectivity index (χ3v) is 6.30. The standard InChI is InChI=1S/C24H28N8O3/c1-13(2)18-11-20(23(34)31(12-21(25)33)19-9-14(3)7-8-17(18)19)32(24(26)35)16-6-4-5-15(10-16)22-27-29-30-28-22/h4-10,13,18,20H,11-12H2,1-3H3,(H2,25,33)(H2,26,35)(H,27,28,29,30). The van der Waals surface area contributed by atoms with Crippen LogP contribution >= 0.6 is 0 Å². The Balaban J connectivity index is 1.86. The average molecular weight is 477 g/mol. The van der Waals surface area contributed by atoms with E-state index in [0.717, 1.165) is 11.1 Å². The first-order chi connectivity index (χ1) is 16.7. The van der Waals surface area contributed by atoms with Gasteiger partial charge in [0.15, 0.2) is 0 Å². The van der Waals surface area contributed by atoms with E-state index in [1.54, 1.807) is 24.3 Å². The molecule has 5 N–H and O–H groups in total. The average Bonchev–Trinajstić information content (AvgIpc) is 3.31. The Hall–Kier alpha value is -4.28. The molecule has 3 aromatic rings. The minimum atomic E-state index is -0.965. The zero-order valence-electron chi connectivity index (χ0n) is 19.8. The van der Waals surface area contributed by atoms with E-state index in [4.69, 9.17) is 11.5 Å². The number of carbonyl (C=O) groups is 3. The van der Waals surface area contributed by atoms with Crippen molar-refractivity contribution in [3.8, 4) is 11.4 Å². The van der Waals surface area contributed by atoms with Crippen LogP contribution in [0.25, 0.3) is 11.4 Å². The van der Waals surface area contributed by atoms with Gasteiger partial charge in [0, 0.05) is 16.9 Å². The molecule has 0 saturated heterocycles. The van der Waals surface area contributed by atoms with Crippen molar-refractivity contribution in [2.45, 2.75) is 39.2 Å². The summed E-state index contributed by atoms with van der Waals surface area (Å²) in [6.45, 7) is 5.72. The van der Waals surface area contributed by atoms with Gasteiger partial charge >= 0.3 is 6.03 Å². The molecule has 11 heteroatoms. The Bertz CT molecular complexity index is 1260. The number of carbonyl (C=O) groups excluding carboxylic acids is 3. The molecule has 0 spiro atoms. The van der Waals surface area contributed by atoms with E-state index in [-0.39, 0.29) is 18.4 Å². The lowest BCUT2D eigenvalue weighted by Gasteiger charge is -2.33. The second-order valence-electron chi connectivity index (χ2n) is 9.05. The molecule has 1 aliphatic heterocycles. The molecule has 2 unspecified atom stereocenters. The fraction of sp³-hybridized carbons (Fsp3) is 0.333. The first-order valence-electron chi connectivity index (χ1n) is 11.3. The van der Waals surface area contributed by atoms with Crippen molar-refractivity contribution in [3.63, 3.8) is 0 Å². The first kappa shape index (κ1) is 23.9. The quantitative estimate of drug-likeness (QED) is 0.493. The van der Waals surface area contributed by atoms with Gasteiger partial charge < -0.3 is 16.4 Å². The number of primary amides is 2. The summed E-state index contributed by atoms with van der Waals surface area (Å²) in [6, 6.07) is 10.9. The highest BCUT2D eigenvalue weighted by atomic mass is 16.2. The van der Waals surface area contributed by atoms with Crippen LogP contribution in [0.3, 0.4) is 0 Å². The van der Waals surface area contributed by atoms with Gasteiger partial charge in [0.25, 0.3) is 5.91 Å². The number of benzene rings is 2. The second kappa shape index (κ2) is 9.53.